The van der Waals surface area contributed by atoms with Crippen molar-refractivity contribution in [1.82, 2.24) is 0 Å². The van der Waals surface area contributed by atoms with Gasteiger partial charge >= 0.3 is 7.60 Å². The minimum absolute atomic E-state index is 0.307. The monoisotopic (exact) mass is 263 g/mol. The molecule has 0 fully saturated rings. The molecule has 0 spiro atoms. The lowest BCUT2D eigenvalue weighted by molar-refractivity contribution is 0.217. The first-order chi connectivity index (χ1) is 7.29. The van der Waals surface area contributed by atoms with Gasteiger partial charge in [0.1, 0.15) is 5.66 Å². The summed E-state index contributed by atoms with van der Waals surface area (Å²) in [5.74, 6) is 0. The van der Waals surface area contributed by atoms with E-state index < -0.39 is 21.3 Å². The molecule has 1 atom stereocenters. The number of rotatable bonds is 7. The van der Waals surface area contributed by atoms with Crippen molar-refractivity contribution in [3.63, 3.8) is 0 Å². The fraction of sp³-hybridized carbons (Fsp3) is 0.900. The molecule has 4 nitrogen and oxygen atoms in total. The highest BCUT2D eigenvalue weighted by molar-refractivity contribution is 7.55. The SMILES string of the molecule is CCOP(=O)(OCC)[C@@H](C#N)C[Si](C)(C)C. The molecule has 0 N–H and O–H groups in total. The van der Waals surface area contributed by atoms with Crippen molar-refractivity contribution in [2.24, 2.45) is 0 Å². The molecule has 0 aliphatic rings. The van der Waals surface area contributed by atoms with Gasteiger partial charge < -0.3 is 9.05 Å². The van der Waals surface area contributed by atoms with E-state index in [0.29, 0.717) is 19.3 Å². The lowest BCUT2D eigenvalue weighted by Gasteiger charge is -2.25. The highest BCUT2D eigenvalue weighted by atomic mass is 31.2. The number of hydrogen-bond donors (Lipinski definition) is 0. The largest absolute Gasteiger partial charge is 0.347 e. The zero-order valence-electron chi connectivity index (χ0n) is 10.8. The van der Waals surface area contributed by atoms with Gasteiger partial charge in [-0.05, 0) is 19.9 Å². The molecule has 0 saturated carbocycles. The summed E-state index contributed by atoms with van der Waals surface area (Å²) in [6.07, 6.45) is 0. The molecule has 0 saturated heterocycles. The van der Waals surface area contributed by atoms with E-state index in [1.165, 1.54) is 0 Å². The smallest absolute Gasteiger partial charge is 0.308 e. The Labute approximate surface area is 99.5 Å². The lowest BCUT2D eigenvalue weighted by atomic mass is 10.5. The maximum Gasteiger partial charge on any atom is 0.347 e. The van der Waals surface area contributed by atoms with Crippen molar-refractivity contribution in [3.8, 4) is 6.07 Å². The summed E-state index contributed by atoms with van der Waals surface area (Å²) < 4.78 is 22.8. The van der Waals surface area contributed by atoms with Crippen LogP contribution in [0.1, 0.15) is 13.8 Å². The molecule has 0 radical (unpaired) electrons. The zero-order chi connectivity index (χ0) is 12.8. The molecule has 0 aliphatic heterocycles. The molecule has 0 aromatic heterocycles. The van der Waals surface area contributed by atoms with Crippen molar-refractivity contribution < 1.29 is 13.6 Å². The molecule has 0 amide bonds. The highest BCUT2D eigenvalue weighted by Crippen LogP contribution is 2.55. The van der Waals surface area contributed by atoms with Gasteiger partial charge in [-0.15, -0.1) is 0 Å². The van der Waals surface area contributed by atoms with Gasteiger partial charge in [-0.3, -0.25) is 4.57 Å². The molecule has 0 aliphatic carbocycles. The highest BCUT2D eigenvalue weighted by Gasteiger charge is 2.38. The van der Waals surface area contributed by atoms with E-state index in [-0.39, 0.29) is 0 Å². The van der Waals surface area contributed by atoms with E-state index in [1.807, 2.05) is 0 Å². The van der Waals surface area contributed by atoms with Crippen LogP contribution in [0.3, 0.4) is 0 Å². The Morgan fingerprint density at radius 1 is 1.25 bits per heavy atom. The van der Waals surface area contributed by atoms with Crippen LogP contribution in [0.25, 0.3) is 0 Å². The van der Waals surface area contributed by atoms with Crippen LogP contribution in [0.4, 0.5) is 0 Å². The van der Waals surface area contributed by atoms with E-state index in [0.717, 1.165) is 0 Å². The van der Waals surface area contributed by atoms with Crippen LogP contribution >= 0.6 is 7.60 Å². The predicted molar refractivity (Wildman–Crippen MR) is 68.4 cm³/mol. The van der Waals surface area contributed by atoms with Gasteiger partial charge in [0.2, 0.25) is 0 Å². The molecule has 0 aromatic rings. The summed E-state index contributed by atoms with van der Waals surface area (Å²) in [7, 11) is -4.72. The van der Waals surface area contributed by atoms with Crippen molar-refractivity contribution in [2.45, 2.75) is 45.2 Å². The van der Waals surface area contributed by atoms with Gasteiger partial charge in [0, 0.05) is 8.07 Å². The molecule has 0 heterocycles. The summed E-state index contributed by atoms with van der Waals surface area (Å²) in [5, 5.41) is 9.12. The summed E-state index contributed by atoms with van der Waals surface area (Å²) >= 11 is 0. The summed E-state index contributed by atoms with van der Waals surface area (Å²) in [5.41, 5.74) is -0.626. The second kappa shape index (κ2) is 6.56. The Morgan fingerprint density at radius 2 is 1.69 bits per heavy atom. The minimum Gasteiger partial charge on any atom is -0.308 e. The maximum atomic E-state index is 12.4. The maximum absolute atomic E-state index is 12.4. The van der Waals surface area contributed by atoms with Gasteiger partial charge in [0.05, 0.1) is 19.3 Å². The van der Waals surface area contributed by atoms with Gasteiger partial charge in [0.25, 0.3) is 0 Å². The van der Waals surface area contributed by atoms with Crippen molar-refractivity contribution in [3.05, 3.63) is 0 Å². The summed E-state index contributed by atoms with van der Waals surface area (Å²) in [4.78, 5) is 0. The van der Waals surface area contributed by atoms with E-state index >= 15 is 0 Å². The Bertz CT molecular complexity index is 285. The lowest BCUT2D eigenvalue weighted by Crippen LogP contribution is -2.27. The van der Waals surface area contributed by atoms with Crippen LogP contribution in [0.2, 0.25) is 25.7 Å². The molecular weight excluding hydrogens is 241 g/mol. The minimum atomic E-state index is -3.25. The number of hydrogen-bond acceptors (Lipinski definition) is 4. The van der Waals surface area contributed by atoms with E-state index in [4.69, 9.17) is 14.3 Å². The second-order valence-corrected chi connectivity index (χ2v) is 12.5. The first-order valence-corrected chi connectivity index (χ1v) is 10.9. The van der Waals surface area contributed by atoms with Gasteiger partial charge in [0.15, 0.2) is 0 Å². The second-order valence-electron chi connectivity index (χ2n) is 4.79. The first-order valence-electron chi connectivity index (χ1n) is 5.57. The van der Waals surface area contributed by atoms with E-state index in [1.54, 1.807) is 13.8 Å². The molecular formula is C10H22NO3PSi. The van der Waals surface area contributed by atoms with Crippen LogP contribution in [0, 0.1) is 11.3 Å². The Hall–Kier alpha value is -0.143. The first kappa shape index (κ1) is 15.9. The van der Waals surface area contributed by atoms with Gasteiger partial charge in [-0.1, -0.05) is 19.6 Å². The third-order valence-corrected chi connectivity index (χ3v) is 6.23. The molecule has 0 aromatic carbocycles. The Balaban J connectivity index is 4.87. The van der Waals surface area contributed by atoms with Crippen LogP contribution in [-0.2, 0) is 13.6 Å². The molecule has 16 heavy (non-hydrogen) atoms. The third-order valence-electron chi connectivity index (χ3n) is 1.95. The zero-order valence-corrected chi connectivity index (χ0v) is 12.7. The van der Waals surface area contributed by atoms with Gasteiger partial charge in [-0.2, -0.15) is 5.26 Å². The standard InChI is InChI=1S/C10H22NO3PSi/c1-6-13-15(12,14-7-2)10(8-11)9-16(3,4)5/h10H,6-7,9H2,1-5H3/t10-/m0/s1. The average molecular weight is 263 g/mol. The summed E-state index contributed by atoms with van der Waals surface area (Å²) in [6, 6.07) is 2.73. The number of nitriles is 1. The van der Waals surface area contributed by atoms with Gasteiger partial charge in [-0.25, -0.2) is 0 Å². The Kier molecular flexibility index (Phi) is 6.50. The van der Waals surface area contributed by atoms with E-state index in [2.05, 4.69) is 25.7 Å². The molecule has 0 unspecified atom stereocenters. The third kappa shape index (κ3) is 5.27. The molecule has 6 heteroatoms. The topological polar surface area (TPSA) is 59.3 Å². The van der Waals surface area contributed by atoms with Crippen molar-refractivity contribution in [1.29, 1.82) is 5.26 Å². The fourth-order valence-corrected chi connectivity index (χ4v) is 6.47. The van der Waals surface area contributed by atoms with Crippen LogP contribution in [-0.4, -0.2) is 26.9 Å². The van der Waals surface area contributed by atoms with Crippen molar-refractivity contribution in [2.75, 3.05) is 13.2 Å². The number of nitrogens with zero attached hydrogens (tertiary/aromatic N) is 1. The molecule has 0 bridgehead atoms. The predicted octanol–water partition coefficient (Wildman–Crippen LogP) is 3.48. The van der Waals surface area contributed by atoms with Crippen LogP contribution in [0.15, 0.2) is 0 Å². The summed E-state index contributed by atoms with van der Waals surface area (Å²) in [6.45, 7) is 10.5. The van der Waals surface area contributed by atoms with E-state index in [9.17, 15) is 4.57 Å². The molecule has 94 valence electrons. The normalized spacial score (nSPS) is 14.5. The van der Waals surface area contributed by atoms with Crippen LogP contribution < -0.4 is 0 Å². The van der Waals surface area contributed by atoms with Crippen LogP contribution in [0.5, 0.6) is 0 Å². The Morgan fingerprint density at radius 3 is 1.94 bits per heavy atom. The van der Waals surface area contributed by atoms with Crippen molar-refractivity contribution >= 4 is 15.7 Å². The quantitative estimate of drug-likeness (QED) is 0.521. The average Bonchev–Trinajstić information content (AvgIpc) is 2.13. The fourth-order valence-electron chi connectivity index (χ4n) is 1.39. The molecule has 0 rings (SSSR count).